The topological polar surface area (TPSA) is 40.0 Å². The van der Waals surface area contributed by atoms with Gasteiger partial charge in [-0.25, -0.2) is 0 Å². The number of hydrogen-bond acceptors (Lipinski definition) is 3. The summed E-state index contributed by atoms with van der Waals surface area (Å²) in [7, 11) is 0.480. The average Bonchev–Trinajstić information content (AvgIpc) is 2.45. The highest BCUT2D eigenvalue weighted by molar-refractivity contribution is 7.54. The number of nitrogens with one attached hydrogen (secondary N) is 1. The van der Waals surface area contributed by atoms with Gasteiger partial charge in [-0.1, -0.05) is 35.3 Å². The van der Waals surface area contributed by atoms with Crippen molar-refractivity contribution in [2.75, 3.05) is 27.3 Å². The van der Waals surface area contributed by atoms with Crippen LogP contribution in [0.2, 0.25) is 5.02 Å². The molecule has 124 valence electrons. The summed E-state index contributed by atoms with van der Waals surface area (Å²) >= 11 is 12.3. The Bertz CT molecular complexity index is 536. The molecule has 0 saturated carbocycles. The van der Waals surface area contributed by atoms with Gasteiger partial charge >= 0.3 is 7.60 Å². The Morgan fingerprint density at radius 3 is 2.14 bits per heavy atom. The van der Waals surface area contributed by atoms with Crippen LogP contribution in [0.3, 0.4) is 0 Å². The van der Waals surface area contributed by atoms with E-state index in [-0.39, 0.29) is 0 Å². The van der Waals surface area contributed by atoms with Gasteiger partial charge in [-0.3, -0.25) is 4.57 Å². The molecule has 0 aliphatic rings. The van der Waals surface area contributed by atoms with Crippen LogP contribution in [0.5, 0.6) is 0 Å². The molecule has 0 bridgehead atoms. The van der Waals surface area contributed by atoms with E-state index in [0.29, 0.717) is 23.3 Å². The molecule has 0 fully saturated rings. The van der Waals surface area contributed by atoms with Gasteiger partial charge in [0.1, 0.15) is 0 Å². The first kappa shape index (κ1) is 19.7. The zero-order valence-corrected chi connectivity index (χ0v) is 15.7. The van der Waals surface area contributed by atoms with Gasteiger partial charge in [0.25, 0.3) is 0 Å². The molecule has 1 unspecified atom stereocenters. The van der Waals surface area contributed by atoms with E-state index >= 15 is 0 Å². The van der Waals surface area contributed by atoms with Crippen molar-refractivity contribution in [3.63, 3.8) is 0 Å². The first-order valence-electron chi connectivity index (χ1n) is 7.16. The fourth-order valence-corrected chi connectivity index (χ4v) is 4.52. The summed E-state index contributed by atoms with van der Waals surface area (Å²) in [6.45, 7) is 4.21. The van der Waals surface area contributed by atoms with Crippen molar-refractivity contribution in [1.82, 2.24) is 0 Å². The van der Waals surface area contributed by atoms with E-state index in [1.165, 1.54) is 0 Å². The van der Waals surface area contributed by atoms with Gasteiger partial charge in [-0.15, -0.1) is 0 Å². The summed E-state index contributed by atoms with van der Waals surface area (Å²) in [5, 5.41) is 1.12. The summed E-state index contributed by atoms with van der Waals surface area (Å²) in [6, 6.07) is 7.15. The SMILES string of the molecule is CCOP(=O)(OCC)C(C=C(Cl)c1ccc(Cl)cc1)[NH+](C)C. The molecule has 0 aliphatic carbocycles. The van der Waals surface area contributed by atoms with Crippen LogP contribution in [-0.2, 0) is 13.6 Å². The van der Waals surface area contributed by atoms with E-state index in [9.17, 15) is 4.57 Å². The third-order valence-electron chi connectivity index (χ3n) is 2.97. The van der Waals surface area contributed by atoms with Gasteiger partial charge in [-0.2, -0.15) is 0 Å². The molecule has 0 radical (unpaired) electrons. The Morgan fingerprint density at radius 2 is 1.73 bits per heavy atom. The molecule has 0 spiro atoms. The van der Waals surface area contributed by atoms with E-state index < -0.39 is 13.4 Å². The van der Waals surface area contributed by atoms with E-state index in [2.05, 4.69) is 0 Å². The standard InChI is InChI=1S/C15H22Cl2NO3P/c1-5-20-22(19,21-6-2)15(18(3)4)11-14(17)12-7-9-13(16)10-8-12/h7-11,15H,5-6H2,1-4H3/p+1. The van der Waals surface area contributed by atoms with E-state index in [1.807, 2.05) is 26.2 Å². The molecule has 0 heterocycles. The summed E-state index contributed by atoms with van der Waals surface area (Å²) in [5.74, 6) is -0.490. The van der Waals surface area contributed by atoms with Crippen molar-refractivity contribution in [2.24, 2.45) is 0 Å². The van der Waals surface area contributed by atoms with Gasteiger partial charge in [0, 0.05) is 11.1 Å². The molecule has 7 heteroatoms. The molecule has 0 aromatic heterocycles. The van der Waals surface area contributed by atoms with E-state index in [0.717, 1.165) is 10.5 Å². The second-order valence-electron chi connectivity index (χ2n) is 4.92. The van der Waals surface area contributed by atoms with E-state index in [1.54, 1.807) is 32.1 Å². The monoisotopic (exact) mass is 366 g/mol. The van der Waals surface area contributed by atoms with Gasteiger partial charge in [0.05, 0.1) is 32.3 Å². The molecular formula is C15H23Cl2NO3P+. The Morgan fingerprint density at radius 1 is 1.23 bits per heavy atom. The van der Waals surface area contributed by atoms with Gasteiger partial charge in [-0.05, 0) is 31.5 Å². The number of halogens is 2. The van der Waals surface area contributed by atoms with Crippen molar-refractivity contribution in [2.45, 2.75) is 19.6 Å². The molecule has 1 atom stereocenters. The van der Waals surface area contributed by atoms with Crippen LogP contribution in [0.15, 0.2) is 30.3 Å². The zero-order valence-electron chi connectivity index (χ0n) is 13.3. The number of rotatable bonds is 8. The molecule has 1 aromatic carbocycles. The van der Waals surface area contributed by atoms with Crippen molar-refractivity contribution in [3.8, 4) is 0 Å². The van der Waals surface area contributed by atoms with Crippen LogP contribution >= 0.6 is 30.8 Å². The molecule has 0 saturated heterocycles. The lowest BCUT2D eigenvalue weighted by molar-refractivity contribution is -0.865. The Balaban J connectivity index is 3.16. The average molecular weight is 367 g/mol. The highest BCUT2D eigenvalue weighted by Gasteiger charge is 2.39. The van der Waals surface area contributed by atoms with Crippen LogP contribution in [0.1, 0.15) is 19.4 Å². The Labute approximate surface area is 142 Å². The molecule has 0 amide bonds. The smallest absolute Gasteiger partial charge is 0.324 e. The summed E-state index contributed by atoms with van der Waals surface area (Å²) in [4.78, 5) is 0.914. The van der Waals surface area contributed by atoms with Crippen molar-refractivity contribution in [3.05, 3.63) is 40.9 Å². The predicted octanol–water partition coefficient (Wildman–Crippen LogP) is 3.66. The fourth-order valence-electron chi connectivity index (χ4n) is 1.98. The number of hydrogen-bond donors (Lipinski definition) is 1. The maximum absolute atomic E-state index is 13.0. The van der Waals surface area contributed by atoms with Crippen molar-refractivity contribution < 1.29 is 18.5 Å². The highest BCUT2D eigenvalue weighted by atomic mass is 35.5. The molecule has 0 aliphatic heterocycles. The van der Waals surface area contributed by atoms with Gasteiger partial charge in [0.2, 0.25) is 5.78 Å². The van der Waals surface area contributed by atoms with Crippen molar-refractivity contribution >= 4 is 35.8 Å². The minimum atomic E-state index is -3.29. The Hall–Kier alpha value is -0.350. The largest absolute Gasteiger partial charge is 0.391 e. The van der Waals surface area contributed by atoms with Crippen LogP contribution in [0.4, 0.5) is 0 Å². The van der Waals surface area contributed by atoms with Crippen LogP contribution in [0.25, 0.3) is 5.03 Å². The molecule has 4 nitrogen and oxygen atoms in total. The normalized spacial score (nSPS) is 14.4. The third kappa shape index (κ3) is 5.38. The van der Waals surface area contributed by atoms with Crippen LogP contribution in [-0.4, -0.2) is 33.1 Å². The molecule has 1 aromatic rings. The third-order valence-corrected chi connectivity index (χ3v) is 6.15. The number of likely N-dealkylation sites (N-methyl/N-ethyl adjacent to an activating group) is 1. The fraction of sp³-hybridized carbons (Fsp3) is 0.467. The molecule has 1 N–H and O–H groups in total. The summed E-state index contributed by atoms with van der Waals surface area (Å²) in [5.41, 5.74) is 0.803. The lowest BCUT2D eigenvalue weighted by atomic mass is 10.2. The van der Waals surface area contributed by atoms with Crippen LogP contribution < -0.4 is 4.90 Å². The molecule has 1 rings (SSSR count). The van der Waals surface area contributed by atoms with Gasteiger partial charge in [0.15, 0.2) is 0 Å². The molecular weight excluding hydrogens is 344 g/mol. The minimum Gasteiger partial charge on any atom is -0.324 e. The second kappa shape index (κ2) is 9.07. The highest BCUT2D eigenvalue weighted by Crippen LogP contribution is 2.51. The first-order chi connectivity index (χ1) is 10.3. The number of benzene rings is 1. The minimum absolute atomic E-state index is 0.313. The summed E-state index contributed by atoms with van der Waals surface area (Å²) in [6.07, 6.45) is 1.73. The summed E-state index contributed by atoms with van der Waals surface area (Å²) < 4.78 is 23.9. The number of quaternary nitrogens is 1. The molecule has 22 heavy (non-hydrogen) atoms. The second-order valence-corrected chi connectivity index (χ2v) is 7.92. The lowest BCUT2D eigenvalue weighted by Gasteiger charge is -2.26. The Kier molecular flexibility index (Phi) is 8.12. The quantitative estimate of drug-likeness (QED) is 0.713. The first-order valence-corrected chi connectivity index (χ1v) is 9.53. The lowest BCUT2D eigenvalue weighted by Crippen LogP contribution is -3.09. The maximum Gasteiger partial charge on any atom is 0.391 e. The zero-order chi connectivity index (χ0) is 16.8. The van der Waals surface area contributed by atoms with Gasteiger partial charge < -0.3 is 13.9 Å². The van der Waals surface area contributed by atoms with Crippen molar-refractivity contribution in [1.29, 1.82) is 0 Å². The van der Waals surface area contributed by atoms with E-state index in [4.69, 9.17) is 32.2 Å². The predicted molar refractivity (Wildman–Crippen MR) is 92.7 cm³/mol. The maximum atomic E-state index is 13.0. The van der Waals surface area contributed by atoms with Crippen LogP contribution in [0, 0.1) is 0 Å².